The summed E-state index contributed by atoms with van der Waals surface area (Å²) >= 11 is 6.32. The van der Waals surface area contributed by atoms with Crippen molar-refractivity contribution >= 4 is 17.5 Å². The van der Waals surface area contributed by atoms with Crippen LogP contribution in [-0.4, -0.2) is 46.8 Å². The number of aromatic nitrogens is 2. The van der Waals surface area contributed by atoms with Crippen molar-refractivity contribution in [3.05, 3.63) is 41.0 Å². The van der Waals surface area contributed by atoms with Crippen molar-refractivity contribution in [2.75, 3.05) is 26.2 Å². The minimum atomic E-state index is 0.0462. The highest BCUT2D eigenvalue weighted by Crippen LogP contribution is 2.30. The van der Waals surface area contributed by atoms with Crippen molar-refractivity contribution in [2.45, 2.75) is 19.8 Å². The van der Waals surface area contributed by atoms with Gasteiger partial charge in [-0.05, 0) is 37.9 Å². The van der Waals surface area contributed by atoms with Gasteiger partial charge in [-0.3, -0.25) is 9.48 Å². The zero-order chi connectivity index (χ0) is 17.8. The van der Waals surface area contributed by atoms with E-state index in [1.165, 1.54) is 0 Å². The lowest BCUT2D eigenvalue weighted by Crippen LogP contribution is -2.40. The monoisotopic (exact) mass is 360 g/mol. The van der Waals surface area contributed by atoms with E-state index in [9.17, 15) is 4.79 Å². The number of nitrogens with one attached hydrogen (secondary N) is 1. The van der Waals surface area contributed by atoms with E-state index in [-0.39, 0.29) is 5.91 Å². The molecule has 1 fully saturated rings. The van der Waals surface area contributed by atoms with Gasteiger partial charge in [0.1, 0.15) is 5.69 Å². The van der Waals surface area contributed by atoms with Gasteiger partial charge < -0.3 is 10.2 Å². The number of halogens is 1. The summed E-state index contributed by atoms with van der Waals surface area (Å²) in [5.74, 6) is 0.700. The number of hydrogen-bond acceptors (Lipinski definition) is 3. The maximum Gasteiger partial charge on any atom is 0.257 e. The lowest BCUT2D eigenvalue weighted by molar-refractivity contribution is 0.0691. The normalized spacial score (nSPS) is 15.6. The smallest absolute Gasteiger partial charge is 0.257 e. The number of piperidine rings is 1. The molecule has 0 atom stereocenters. The zero-order valence-electron chi connectivity index (χ0n) is 14.8. The number of nitrogens with zero attached hydrogens (tertiary/aromatic N) is 3. The molecule has 6 heteroatoms. The Morgan fingerprint density at radius 3 is 2.72 bits per heavy atom. The molecule has 1 saturated heterocycles. The minimum Gasteiger partial charge on any atom is -0.339 e. The van der Waals surface area contributed by atoms with Gasteiger partial charge in [-0.2, -0.15) is 5.10 Å². The number of amides is 1. The highest BCUT2D eigenvalue weighted by atomic mass is 35.5. The van der Waals surface area contributed by atoms with Gasteiger partial charge in [0.05, 0.1) is 10.6 Å². The zero-order valence-corrected chi connectivity index (χ0v) is 15.6. The van der Waals surface area contributed by atoms with Crippen LogP contribution in [0.5, 0.6) is 0 Å². The quantitative estimate of drug-likeness (QED) is 0.890. The summed E-state index contributed by atoms with van der Waals surface area (Å²) in [6, 6.07) is 7.53. The molecule has 0 unspecified atom stereocenters. The Hall–Kier alpha value is -1.85. The molecule has 1 aromatic heterocycles. The van der Waals surface area contributed by atoms with Gasteiger partial charge in [-0.25, -0.2) is 0 Å². The molecule has 134 valence electrons. The molecular weight excluding hydrogens is 336 g/mol. The van der Waals surface area contributed by atoms with E-state index >= 15 is 0 Å². The summed E-state index contributed by atoms with van der Waals surface area (Å²) in [6.07, 6.45) is 3.88. The molecule has 1 amide bonds. The van der Waals surface area contributed by atoms with Crippen LogP contribution in [0.4, 0.5) is 0 Å². The first-order valence-electron chi connectivity index (χ1n) is 8.88. The molecule has 2 heterocycles. The summed E-state index contributed by atoms with van der Waals surface area (Å²) in [5.41, 5.74) is 2.09. The number of carbonyl (C=O) groups excluding carboxylic acids is 1. The van der Waals surface area contributed by atoms with Crippen LogP contribution in [0.1, 0.15) is 30.1 Å². The van der Waals surface area contributed by atoms with Crippen molar-refractivity contribution in [1.82, 2.24) is 20.0 Å². The first kappa shape index (κ1) is 18.0. The Balaban J connectivity index is 1.77. The summed E-state index contributed by atoms with van der Waals surface area (Å²) < 4.78 is 1.68. The molecule has 0 spiro atoms. The van der Waals surface area contributed by atoms with E-state index < -0.39 is 0 Å². The molecule has 0 saturated carbocycles. The molecule has 0 radical (unpaired) electrons. The fourth-order valence-electron chi connectivity index (χ4n) is 3.36. The third-order valence-electron chi connectivity index (χ3n) is 4.77. The van der Waals surface area contributed by atoms with Crippen LogP contribution in [0, 0.1) is 5.92 Å². The van der Waals surface area contributed by atoms with Gasteiger partial charge in [0.15, 0.2) is 0 Å². The van der Waals surface area contributed by atoms with Crippen LogP contribution in [0.2, 0.25) is 5.02 Å². The van der Waals surface area contributed by atoms with Gasteiger partial charge in [0, 0.05) is 31.9 Å². The second-order valence-corrected chi connectivity index (χ2v) is 7.00. The minimum absolute atomic E-state index is 0.0462. The molecule has 5 nitrogen and oxygen atoms in total. The second-order valence-electron chi connectivity index (χ2n) is 6.59. The maximum absolute atomic E-state index is 13.1. The average Bonchev–Trinajstić information content (AvgIpc) is 3.01. The van der Waals surface area contributed by atoms with E-state index in [0.29, 0.717) is 22.2 Å². The molecule has 1 N–H and O–H groups in total. The Kier molecular flexibility index (Phi) is 5.76. The first-order chi connectivity index (χ1) is 12.1. The molecule has 0 bridgehead atoms. The molecular formula is C19H25ClN4O. The summed E-state index contributed by atoms with van der Waals surface area (Å²) in [7, 11) is 1.83. The van der Waals surface area contributed by atoms with Crippen molar-refractivity contribution in [3.63, 3.8) is 0 Å². The van der Waals surface area contributed by atoms with Gasteiger partial charge in [-0.15, -0.1) is 0 Å². The summed E-state index contributed by atoms with van der Waals surface area (Å²) in [6.45, 7) is 5.75. The van der Waals surface area contributed by atoms with Gasteiger partial charge in [-0.1, -0.05) is 36.7 Å². The average molecular weight is 361 g/mol. The Bertz CT molecular complexity index is 735. The van der Waals surface area contributed by atoms with Crippen molar-refractivity contribution in [1.29, 1.82) is 0 Å². The Morgan fingerprint density at radius 1 is 1.32 bits per heavy atom. The largest absolute Gasteiger partial charge is 0.339 e. The standard InChI is InChI=1S/C19H25ClN4O/c1-3-21-12-14-8-10-24(11-9-14)19(25)16-13-23(2)22-18(16)15-6-4-5-7-17(15)20/h4-7,13-14,21H,3,8-12H2,1-2H3. The summed E-state index contributed by atoms with van der Waals surface area (Å²) in [4.78, 5) is 15.0. The Labute approximate surface area is 154 Å². The third kappa shape index (κ3) is 4.05. The number of aryl methyl sites for hydroxylation is 1. The highest BCUT2D eigenvalue weighted by molar-refractivity contribution is 6.33. The number of carbonyl (C=O) groups is 1. The van der Waals surface area contributed by atoms with Gasteiger partial charge >= 0.3 is 0 Å². The third-order valence-corrected chi connectivity index (χ3v) is 5.10. The van der Waals surface area contributed by atoms with Gasteiger partial charge in [0.25, 0.3) is 5.91 Å². The second kappa shape index (κ2) is 8.02. The maximum atomic E-state index is 13.1. The lowest BCUT2D eigenvalue weighted by Gasteiger charge is -2.32. The molecule has 2 aromatic rings. The van der Waals surface area contributed by atoms with Crippen LogP contribution in [0.3, 0.4) is 0 Å². The van der Waals surface area contributed by atoms with Crippen LogP contribution in [0.25, 0.3) is 11.3 Å². The lowest BCUT2D eigenvalue weighted by atomic mass is 9.96. The van der Waals surface area contributed by atoms with E-state index in [1.807, 2.05) is 36.2 Å². The molecule has 1 aliphatic heterocycles. The van der Waals surface area contributed by atoms with Crippen molar-refractivity contribution in [2.24, 2.45) is 13.0 Å². The first-order valence-corrected chi connectivity index (χ1v) is 9.26. The Morgan fingerprint density at radius 2 is 2.04 bits per heavy atom. The molecule has 25 heavy (non-hydrogen) atoms. The fourth-order valence-corrected chi connectivity index (χ4v) is 3.58. The highest BCUT2D eigenvalue weighted by Gasteiger charge is 2.27. The molecule has 1 aliphatic rings. The molecule has 1 aromatic carbocycles. The van der Waals surface area contributed by atoms with Crippen LogP contribution in [-0.2, 0) is 7.05 Å². The predicted molar refractivity (Wildman–Crippen MR) is 101 cm³/mol. The molecule has 0 aliphatic carbocycles. The topological polar surface area (TPSA) is 50.2 Å². The van der Waals surface area contributed by atoms with Crippen LogP contribution >= 0.6 is 11.6 Å². The van der Waals surface area contributed by atoms with E-state index in [0.717, 1.165) is 44.6 Å². The van der Waals surface area contributed by atoms with E-state index in [1.54, 1.807) is 10.9 Å². The number of hydrogen-bond donors (Lipinski definition) is 1. The number of rotatable bonds is 5. The van der Waals surface area contributed by atoms with E-state index in [2.05, 4.69) is 17.3 Å². The molecule has 3 rings (SSSR count). The van der Waals surface area contributed by atoms with Crippen LogP contribution < -0.4 is 5.32 Å². The summed E-state index contributed by atoms with van der Waals surface area (Å²) in [5, 5.41) is 8.50. The fraction of sp³-hybridized carbons (Fsp3) is 0.474. The van der Waals surface area contributed by atoms with Crippen molar-refractivity contribution in [3.8, 4) is 11.3 Å². The van der Waals surface area contributed by atoms with Gasteiger partial charge in [0.2, 0.25) is 0 Å². The SMILES string of the molecule is CCNCC1CCN(C(=O)c2cn(C)nc2-c2ccccc2Cl)CC1. The number of benzene rings is 1. The van der Waals surface area contributed by atoms with Crippen LogP contribution in [0.15, 0.2) is 30.5 Å². The van der Waals surface area contributed by atoms with E-state index in [4.69, 9.17) is 11.6 Å². The van der Waals surface area contributed by atoms with Crippen molar-refractivity contribution < 1.29 is 4.79 Å². The number of likely N-dealkylation sites (tertiary alicyclic amines) is 1. The predicted octanol–water partition coefficient (Wildman–Crippen LogP) is 3.20.